The van der Waals surface area contributed by atoms with Gasteiger partial charge in [-0.3, -0.25) is 4.79 Å². The fourth-order valence-electron chi connectivity index (χ4n) is 2.20. The summed E-state index contributed by atoms with van der Waals surface area (Å²) in [6.07, 6.45) is 1.09. The zero-order valence-corrected chi connectivity index (χ0v) is 12.2. The molecule has 0 bridgehead atoms. The van der Waals surface area contributed by atoms with E-state index < -0.39 is 0 Å². The molecule has 2 N–H and O–H groups in total. The van der Waals surface area contributed by atoms with E-state index in [0.717, 1.165) is 25.3 Å². The highest BCUT2D eigenvalue weighted by Crippen LogP contribution is 2.24. The van der Waals surface area contributed by atoms with Gasteiger partial charge in [0.25, 0.3) is 5.91 Å². The number of carbonyl (C=O) groups is 1. The van der Waals surface area contributed by atoms with E-state index in [9.17, 15) is 4.79 Å². The number of ether oxygens (including phenoxy) is 1. The van der Waals surface area contributed by atoms with Gasteiger partial charge in [-0.25, -0.2) is 0 Å². The minimum atomic E-state index is 0.0457. The molecule has 1 unspecified atom stereocenters. The minimum Gasteiger partial charge on any atom is -0.497 e. The molecule has 0 radical (unpaired) electrons. The molecule has 1 aliphatic rings. The largest absolute Gasteiger partial charge is 0.497 e. The van der Waals surface area contributed by atoms with Crippen molar-refractivity contribution in [2.75, 3.05) is 31.7 Å². The molecule has 1 heterocycles. The molecule has 4 nitrogen and oxygen atoms in total. The van der Waals surface area contributed by atoms with Crippen LogP contribution in [0.3, 0.4) is 0 Å². The molecule has 5 heteroatoms. The van der Waals surface area contributed by atoms with Gasteiger partial charge in [-0.15, -0.1) is 0 Å². The number of benzene rings is 1. The second kappa shape index (κ2) is 6.19. The van der Waals surface area contributed by atoms with Gasteiger partial charge in [-0.05, 0) is 18.6 Å². The second-order valence-corrected chi connectivity index (χ2v) is 6.06. The molecule has 0 spiro atoms. The van der Waals surface area contributed by atoms with Crippen molar-refractivity contribution in [1.29, 1.82) is 0 Å². The first kappa shape index (κ1) is 14.1. The molecule has 0 aliphatic carbocycles. The molecule has 1 aliphatic heterocycles. The molecule has 1 amide bonds. The Morgan fingerprint density at radius 1 is 1.53 bits per heavy atom. The summed E-state index contributed by atoms with van der Waals surface area (Å²) in [6, 6.07) is 5.19. The molecule has 1 aromatic rings. The SMILES string of the molecule is CCC1CN(C(=O)c2cc(N)cc(OC)c2)CCS1. The quantitative estimate of drug-likeness (QED) is 0.863. The van der Waals surface area contributed by atoms with Crippen LogP contribution < -0.4 is 10.5 Å². The Morgan fingerprint density at radius 3 is 3.00 bits per heavy atom. The average molecular weight is 280 g/mol. The van der Waals surface area contributed by atoms with Gasteiger partial charge in [-0.1, -0.05) is 6.92 Å². The number of nitrogen functional groups attached to an aromatic ring is 1. The number of rotatable bonds is 3. The molecule has 1 saturated heterocycles. The van der Waals surface area contributed by atoms with E-state index in [-0.39, 0.29) is 5.91 Å². The van der Waals surface area contributed by atoms with E-state index >= 15 is 0 Å². The third-order valence-electron chi connectivity index (χ3n) is 3.29. The lowest BCUT2D eigenvalue weighted by Gasteiger charge is -2.32. The fraction of sp³-hybridized carbons (Fsp3) is 0.500. The number of nitrogens with two attached hydrogens (primary N) is 1. The average Bonchev–Trinajstić information content (AvgIpc) is 2.45. The number of hydrogen-bond donors (Lipinski definition) is 1. The van der Waals surface area contributed by atoms with Crippen LogP contribution in [-0.2, 0) is 0 Å². The Labute approximate surface area is 118 Å². The monoisotopic (exact) mass is 280 g/mol. The number of thioether (sulfide) groups is 1. The maximum Gasteiger partial charge on any atom is 0.254 e. The van der Waals surface area contributed by atoms with Gasteiger partial charge in [0.05, 0.1) is 7.11 Å². The summed E-state index contributed by atoms with van der Waals surface area (Å²) in [5, 5.41) is 0.542. The normalized spacial score (nSPS) is 19.3. The summed E-state index contributed by atoms with van der Waals surface area (Å²) in [5.41, 5.74) is 6.97. The first-order valence-electron chi connectivity index (χ1n) is 6.49. The Morgan fingerprint density at radius 2 is 2.32 bits per heavy atom. The van der Waals surface area contributed by atoms with Crippen LogP contribution in [0.2, 0.25) is 0 Å². The fourth-order valence-corrected chi connectivity index (χ4v) is 3.38. The van der Waals surface area contributed by atoms with Crippen molar-refractivity contribution in [3.63, 3.8) is 0 Å². The van der Waals surface area contributed by atoms with Crippen molar-refractivity contribution < 1.29 is 9.53 Å². The van der Waals surface area contributed by atoms with E-state index in [4.69, 9.17) is 10.5 Å². The van der Waals surface area contributed by atoms with Crippen molar-refractivity contribution in [3.05, 3.63) is 23.8 Å². The lowest BCUT2D eigenvalue weighted by molar-refractivity contribution is 0.0760. The van der Waals surface area contributed by atoms with E-state index in [0.29, 0.717) is 22.3 Å². The smallest absolute Gasteiger partial charge is 0.254 e. The number of amides is 1. The van der Waals surface area contributed by atoms with Crippen molar-refractivity contribution in [1.82, 2.24) is 4.90 Å². The maximum absolute atomic E-state index is 12.5. The van der Waals surface area contributed by atoms with Crippen LogP contribution in [0, 0.1) is 0 Å². The van der Waals surface area contributed by atoms with E-state index in [1.165, 1.54) is 0 Å². The van der Waals surface area contributed by atoms with Crippen molar-refractivity contribution in [3.8, 4) is 5.75 Å². The topological polar surface area (TPSA) is 55.6 Å². The molecule has 19 heavy (non-hydrogen) atoms. The van der Waals surface area contributed by atoms with Crippen LogP contribution in [-0.4, -0.2) is 42.0 Å². The number of hydrogen-bond acceptors (Lipinski definition) is 4. The van der Waals surface area contributed by atoms with Gasteiger partial charge < -0.3 is 15.4 Å². The molecular weight excluding hydrogens is 260 g/mol. The van der Waals surface area contributed by atoms with Crippen molar-refractivity contribution in [2.45, 2.75) is 18.6 Å². The maximum atomic E-state index is 12.5. The lowest BCUT2D eigenvalue weighted by Crippen LogP contribution is -2.41. The Kier molecular flexibility index (Phi) is 4.58. The van der Waals surface area contributed by atoms with Crippen LogP contribution in [0.1, 0.15) is 23.7 Å². The molecule has 1 atom stereocenters. The van der Waals surface area contributed by atoms with Crippen LogP contribution in [0.4, 0.5) is 5.69 Å². The number of carbonyl (C=O) groups excluding carboxylic acids is 1. The van der Waals surface area contributed by atoms with E-state index in [1.807, 2.05) is 16.7 Å². The molecule has 1 aromatic carbocycles. The predicted octanol–water partition coefficient (Wildman–Crippen LogP) is 2.25. The highest BCUT2D eigenvalue weighted by molar-refractivity contribution is 8.00. The molecular formula is C14H20N2O2S. The van der Waals surface area contributed by atoms with Gasteiger partial charge >= 0.3 is 0 Å². The third-order valence-corrected chi connectivity index (χ3v) is 4.66. The zero-order chi connectivity index (χ0) is 13.8. The molecule has 0 saturated carbocycles. The summed E-state index contributed by atoms with van der Waals surface area (Å²) in [6.45, 7) is 3.78. The first-order chi connectivity index (χ1) is 9.13. The summed E-state index contributed by atoms with van der Waals surface area (Å²) in [7, 11) is 1.58. The zero-order valence-electron chi connectivity index (χ0n) is 11.4. The van der Waals surface area contributed by atoms with Crippen LogP contribution in [0.5, 0.6) is 5.75 Å². The number of anilines is 1. The van der Waals surface area contributed by atoms with Gasteiger partial charge in [0, 0.05) is 41.4 Å². The van der Waals surface area contributed by atoms with Crippen molar-refractivity contribution in [2.24, 2.45) is 0 Å². The van der Waals surface area contributed by atoms with E-state index in [1.54, 1.807) is 25.3 Å². The lowest BCUT2D eigenvalue weighted by atomic mass is 10.1. The number of nitrogens with zero attached hydrogens (tertiary/aromatic N) is 1. The first-order valence-corrected chi connectivity index (χ1v) is 7.54. The highest BCUT2D eigenvalue weighted by atomic mass is 32.2. The van der Waals surface area contributed by atoms with Crippen molar-refractivity contribution >= 4 is 23.4 Å². The molecule has 104 valence electrons. The summed E-state index contributed by atoms with van der Waals surface area (Å²) in [4.78, 5) is 14.4. The molecule has 1 fully saturated rings. The van der Waals surface area contributed by atoms with Gasteiger partial charge in [0.15, 0.2) is 0 Å². The van der Waals surface area contributed by atoms with Crippen LogP contribution in [0.25, 0.3) is 0 Å². The summed E-state index contributed by atoms with van der Waals surface area (Å²) >= 11 is 1.95. The minimum absolute atomic E-state index is 0.0457. The summed E-state index contributed by atoms with van der Waals surface area (Å²) in [5.74, 6) is 1.68. The Hall–Kier alpha value is -1.36. The second-order valence-electron chi connectivity index (χ2n) is 4.65. The predicted molar refractivity (Wildman–Crippen MR) is 79.8 cm³/mol. The van der Waals surface area contributed by atoms with Gasteiger partial charge in [-0.2, -0.15) is 11.8 Å². The van der Waals surface area contributed by atoms with Crippen LogP contribution in [0.15, 0.2) is 18.2 Å². The number of methoxy groups -OCH3 is 1. The van der Waals surface area contributed by atoms with Crippen LogP contribution >= 0.6 is 11.8 Å². The summed E-state index contributed by atoms with van der Waals surface area (Å²) < 4.78 is 5.16. The third kappa shape index (κ3) is 3.35. The van der Waals surface area contributed by atoms with Gasteiger partial charge in [0.1, 0.15) is 5.75 Å². The highest BCUT2D eigenvalue weighted by Gasteiger charge is 2.24. The standard InChI is InChI=1S/C14H20N2O2S/c1-3-13-9-16(4-5-19-13)14(17)10-6-11(15)8-12(7-10)18-2/h6-8,13H,3-5,9,15H2,1-2H3. The molecule has 0 aromatic heterocycles. The van der Waals surface area contributed by atoms with E-state index in [2.05, 4.69) is 6.92 Å². The Balaban J connectivity index is 2.16. The van der Waals surface area contributed by atoms with Gasteiger partial charge in [0.2, 0.25) is 0 Å². The molecule has 2 rings (SSSR count). The Bertz CT molecular complexity index is 465.